The molecule has 0 saturated carbocycles. The lowest BCUT2D eigenvalue weighted by Crippen LogP contribution is -2.41. The van der Waals surface area contributed by atoms with Gasteiger partial charge in [-0.2, -0.15) is 5.26 Å². The third kappa shape index (κ3) is 4.99. The molecule has 0 bridgehead atoms. The van der Waals surface area contributed by atoms with Crippen molar-refractivity contribution in [3.8, 4) is 6.07 Å². The van der Waals surface area contributed by atoms with Crippen LogP contribution in [0.5, 0.6) is 0 Å². The number of nitro groups is 1. The first kappa shape index (κ1) is 28.2. The lowest BCUT2D eigenvalue weighted by atomic mass is 9.80. The van der Waals surface area contributed by atoms with E-state index in [4.69, 9.17) is 15.2 Å². The van der Waals surface area contributed by atoms with Gasteiger partial charge in [-0.15, -0.1) is 0 Å². The molecule has 0 fully saturated rings. The van der Waals surface area contributed by atoms with Crippen molar-refractivity contribution in [1.29, 1.82) is 5.26 Å². The van der Waals surface area contributed by atoms with Gasteiger partial charge in [0, 0.05) is 12.1 Å². The third-order valence-electron chi connectivity index (χ3n) is 6.41. The number of carbonyl (C=O) groups is 3. The number of hydrogen-bond donors (Lipinski definition) is 1. The quantitative estimate of drug-likeness (QED) is 0.195. The van der Waals surface area contributed by atoms with Gasteiger partial charge in [-0.25, -0.2) is 14.0 Å². The van der Waals surface area contributed by atoms with Crippen LogP contribution in [0.1, 0.15) is 27.4 Å². The van der Waals surface area contributed by atoms with E-state index in [1.54, 1.807) is 30.3 Å². The molecular weight excluding hydrogens is 535 g/mol. The Hall–Kier alpha value is -5.83. The van der Waals surface area contributed by atoms with Crippen LogP contribution in [0.25, 0.3) is 0 Å². The Morgan fingerprint density at radius 1 is 0.976 bits per heavy atom. The lowest BCUT2D eigenvalue weighted by Gasteiger charge is -2.36. The SMILES string of the molecule is COC(=O)C1=C(C(=O)OC)N(c2ccc([N+](=O)[O-])cc2C(=O)c2ccccc2F)C(N)=C(C#N)C1c1ccccc1. The summed E-state index contributed by atoms with van der Waals surface area (Å²) in [4.78, 5) is 52.0. The van der Waals surface area contributed by atoms with E-state index in [1.807, 2.05) is 6.07 Å². The highest BCUT2D eigenvalue weighted by atomic mass is 19.1. The Balaban J connectivity index is 2.12. The maximum Gasteiger partial charge on any atom is 0.355 e. The van der Waals surface area contributed by atoms with E-state index >= 15 is 0 Å². The summed E-state index contributed by atoms with van der Waals surface area (Å²) in [6.07, 6.45) is 0. The molecule has 0 aromatic heterocycles. The predicted octanol–water partition coefficient (Wildman–Crippen LogP) is 3.86. The van der Waals surface area contributed by atoms with E-state index in [0.717, 1.165) is 43.4 Å². The number of benzene rings is 3. The van der Waals surface area contributed by atoms with Crippen LogP contribution in [0.2, 0.25) is 0 Å². The second-order valence-corrected chi connectivity index (χ2v) is 8.60. The largest absolute Gasteiger partial charge is 0.466 e. The van der Waals surface area contributed by atoms with Crippen molar-refractivity contribution in [2.45, 2.75) is 5.92 Å². The second-order valence-electron chi connectivity index (χ2n) is 8.60. The van der Waals surface area contributed by atoms with Gasteiger partial charge in [0.15, 0.2) is 5.78 Å². The number of methoxy groups -OCH3 is 2. The Morgan fingerprint density at radius 2 is 1.61 bits per heavy atom. The molecule has 1 atom stereocenters. The van der Waals surface area contributed by atoms with E-state index in [-0.39, 0.29) is 22.7 Å². The van der Waals surface area contributed by atoms with Crippen molar-refractivity contribution in [3.63, 3.8) is 0 Å². The summed E-state index contributed by atoms with van der Waals surface area (Å²) in [5, 5.41) is 21.8. The van der Waals surface area contributed by atoms with Gasteiger partial charge in [0.25, 0.3) is 5.69 Å². The highest BCUT2D eigenvalue weighted by Gasteiger charge is 2.44. The second kappa shape index (κ2) is 11.5. The summed E-state index contributed by atoms with van der Waals surface area (Å²) in [5.41, 5.74) is 4.25. The molecular formula is C29H21FN4O7. The fourth-order valence-electron chi connectivity index (χ4n) is 4.57. The highest BCUT2D eigenvalue weighted by Crippen LogP contribution is 2.44. The van der Waals surface area contributed by atoms with E-state index in [1.165, 1.54) is 18.2 Å². The van der Waals surface area contributed by atoms with Gasteiger partial charge in [0.05, 0.1) is 59.1 Å². The van der Waals surface area contributed by atoms with Crippen LogP contribution in [0, 0.1) is 27.3 Å². The smallest absolute Gasteiger partial charge is 0.355 e. The molecule has 0 radical (unpaired) electrons. The number of nitrogens with two attached hydrogens (primary N) is 1. The zero-order chi connectivity index (χ0) is 29.8. The minimum Gasteiger partial charge on any atom is -0.466 e. The van der Waals surface area contributed by atoms with Crippen LogP contribution >= 0.6 is 0 Å². The molecule has 0 spiro atoms. The Bertz CT molecular complexity index is 1690. The molecule has 206 valence electrons. The standard InChI is InChI=1S/C29H21FN4O7/c1-40-28(36)24-23(16-8-4-3-5-9-16)20(15-31)27(32)33(25(24)29(37)41-2)22-13-12-17(34(38)39)14-19(22)26(35)18-10-6-7-11-21(18)30/h3-14,23H,32H2,1-2H3. The molecule has 0 aliphatic carbocycles. The Kier molecular flexibility index (Phi) is 7.91. The molecule has 11 nitrogen and oxygen atoms in total. The summed E-state index contributed by atoms with van der Waals surface area (Å²) >= 11 is 0. The van der Waals surface area contributed by atoms with Crippen molar-refractivity contribution < 1.29 is 33.2 Å². The number of carbonyl (C=O) groups excluding carboxylic acids is 3. The first-order valence-corrected chi connectivity index (χ1v) is 11.9. The minimum absolute atomic E-state index is 0.188. The molecule has 12 heteroatoms. The monoisotopic (exact) mass is 556 g/mol. The lowest BCUT2D eigenvalue weighted by molar-refractivity contribution is -0.384. The zero-order valence-electron chi connectivity index (χ0n) is 21.7. The molecule has 41 heavy (non-hydrogen) atoms. The number of rotatable bonds is 7. The maximum atomic E-state index is 14.7. The highest BCUT2D eigenvalue weighted by molar-refractivity contribution is 6.15. The number of ketones is 1. The summed E-state index contributed by atoms with van der Waals surface area (Å²) in [7, 11) is 2.12. The fraction of sp³-hybridized carbons (Fsp3) is 0.103. The number of allylic oxidation sites excluding steroid dienone is 1. The van der Waals surface area contributed by atoms with E-state index in [2.05, 4.69) is 0 Å². The summed E-state index contributed by atoms with van der Waals surface area (Å²) < 4.78 is 24.6. The number of ether oxygens (including phenoxy) is 2. The molecule has 1 aliphatic heterocycles. The van der Waals surface area contributed by atoms with Crippen molar-refractivity contribution in [1.82, 2.24) is 0 Å². The number of non-ortho nitro benzene ring substituents is 1. The molecule has 3 aromatic rings. The summed E-state index contributed by atoms with van der Waals surface area (Å²) in [6, 6.07) is 18.2. The number of esters is 2. The van der Waals surface area contributed by atoms with Gasteiger partial charge in [-0.3, -0.25) is 19.8 Å². The van der Waals surface area contributed by atoms with Crippen LogP contribution in [-0.2, 0) is 19.1 Å². The van der Waals surface area contributed by atoms with Crippen LogP contribution in [0.4, 0.5) is 15.8 Å². The number of nitriles is 1. The Morgan fingerprint density at radius 3 is 2.20 bits per heavy atom. The molecule has 3 aromatic carbocycles. The topological polar surface area (TPSA) is 166 Å². The molecule has 4 rings (SSSR count). The van der Waals surface area contributed by atoms with Gasteiger partial charge >= 0.3 is 11.9 Å². The molecule has 1 unspecified atom stereocenters. The summed E-state index contributed by atoms with van der Waals surface area (Å²) in [5.74, 6) is -5.53. The van der Waals surface area contributed by atoms with Gasteiger partial charge in [-0.1, -0.05) is 42.5 Å². The number of nitrogens with zero attached hydrogens (tertiary/aromatic N) is 3. The van der Waals surface area contributed by atoms with Crippen molar-refractivity contribution in [2.24, 2.45) is 5.73 Å². The predicted molar refractivity (Wildman–Crippen MR) is 142 cm³/mol. The molecule has 0 amide bonds. The molecule has 1 aliphatic rings. The first-order chi connectivity index (χ1) is 19.7. The van der Waals surface area contributed by atoms with Crippen LogP contribution in [-0.4, -0.2) is 36.9 Å². The maximum absolute atomic E-state index is 14.7. The van der Waals surface area contributed by atoms with Crippen LogP contribution in [0.15, 0.2) is 95.5 Å². The third-order valence-corrected chi connectivity index (χ3v) is 6.41. The molecule has 2 N–H and O–H groups in total. The van der Waals surface area contributed by atoms with E-state index < -0.39 is 56.9 Å². The van der Waals surface area contributed by atoms with E-state index in [0.29, 0.717) is 5.56 Å². The average Bonchev–Trinajstić information content (AvgIpc) is 2.99. The van der Waals surface area contributed by atoms with Crippen LogP contribution in [0.3, 0.4) is 0 Å². The van der Waals surface area contributed by atoms with Gasteiger partial charge in [0.2, 0.25) is 0 Å². The zero-order valence-corrected chi connectivity index (χ0v) is 21.7. The number of anilines is 1. The minimum atomic E-state index is -1.18. The number of hydrogen-bond acceptors (Lipinski definition) is 10. The molecule has 1 heterocycles. The number of nitro benzene ring substituents is 1. The van der Waals surface area contributed by atoms with Crippen molar-refractivity contribution in [2.75, 3.05) is 19.1 Å². The van der Waals surface area contributed by atoms with Crippen molar-refractivity contribution >= 4 is 29.1 Å². The van der Waals surface area contributed by atoms with Gasteiger partial charge in [-0.05, 0) is 23.8 Å². The van der Waals surface area contributed by atoms with Crippen LogP contribution < -0.4 is 10.6 Å². The van der Waals surface area contributed by atoms with Crippen molar-refractivity contribution in [3.05, 3.63) is 128 Å². The summed E-state index contributed by atoms with van der Waals surface area (Å²) in [6.45, 7) is 0. The first-order valence-electron chi connectivity index (χ1n) is 11.9. The van der Waals surface area contributed by atoms with Gasteiger partial charge < -0.3 is 15.2 Å². The molecule has 0 saturated heterocycles. The fourth-order valence-corrected chi connectivity index (χ4v) is 4.57. The van der Waals surface area contributed by atoms with Gasteiger partial charge in [0.1, 0.15) is 17.3 Å². The average molecular weight is 557 g/mol. The van der Waals surface area contributed by atoms with E-state index in [9.17, 15) is 34.2 Å². The Labute approximate surface area is 232 Å². The normalized spacial score (nSPS) is 14.8. The number of halogens is 1.